The molecule has 2 aliphatic heterocycles. The number of urea groups is 1. The Labute approximate surface area is 108 Å². The normalized spacial score (nSPS) is 29.7. The Bertz CT molecular complexity index is 345. The summed E-state index contributed by atoms with van der Waals surface area (Å²) in [6.07, 6.45) is 3.38. The molecular weight excluding hydrogens is 232 g/mol. The summed E-state index contributed by atoms with van der Waals surface area (Å²) in [6, 6.07) is 0.107. The Morgan fingerprint density at radius 3 is 2.56 bits per heavy atom. The Kier molecular flexibility index (Phi) is 3.78. The van der Waals surface area contributed by atoms with Crippen molar-refractivity contribution in [3.63, 3.8) is 0 Å². The summed E-state index contributed by atoms with van der Waals surface area (Å²) in [5, 5.41) is 9.18. The Morgan fingerprint density at radius 1 is 1.33 bits per heavy atom. The van der Waals surface area contributed by atoms with Gasteiger partial charge in [-0.1, -0.05) is 6.92 Å². The topological polar surface area (TPSA) is 60.9 Å². The molecule has 2 bridgehead atoms. The molecule has 3 atom stereocenters. The Balaban J connectivity index is 2.10. The van der Waals surface area contributed by atoms with Crippen molar-refractivity contribution in [3.8, 4) is 0 Å². The number of carbonyl (C=O) groups excluding carboxylic acids is 1. The van der Waals surface area contributed by atoms with E-state index in [0.717, 1.165) is 25.8 Å². The third kappa shape index (κ3) is 2.06. The molecule has 0 aromatic carbocycles. The lowest BCUT2D eigenvalue weighted by Crippen LogP contribution is -2.46. The van der Waals surface area contributed by atoms with Crippen molar-refractivity contribution >= 4 is 12.0 Å². The van der Waals surface area contributed by atoms with E-state index in [2.05, 4.69) is 6.92 Å². The van der Waals surface area contributed by atoms with Gasteiger partial charge in [-0.3, -0.25) is 4.79 Å². The van der Waals surface area contributed by atoms with Crippen LogP contribution >= 0.6 is 0 Å². The van der Waals surface area contributed by atoms with Gasteiger partial charge in [0.05, 0.1) is 5.92 Å². The second kappa shape index (κ2) is 5.16. The Morgan fingerprint density at radius 2 is 2.06 bits per heavy atom. The minimum Gasteiger partial charge on any atom is -0.481 e. The predicted octanol–water partition coefficient (Wildman–Crippen LogP) is 1.78. The highest BCUT2D eigenvalue weighted by Gasteiger charge is 2.51. The molecule has 102 valence electrons. The van der Waals surface area contributed by atoms with Gasteiger partial charge in [0.25, 0.3) is 0 Å². The van der Waals surface area contributed by atoms with Crippen molar-refractivity contribution in [1.82, 2.24) is 9.80 Å². The first-order chi connectivity index (χ1) is 8.60. The summed E-state index contributed by atoms with van der Waals surface area (Å²) in [6.45, 7) is 5.47. The molecule has 3 unspecified atom stereocenters. The lowest BCUT2D eigenvalue weighted by Gasteiger charge is -2.30. The molecule has 18 heavy (non-hydrogen) atoms. The smallest absolute Gasteiger partial charge is 0.320 e. The summed E-state index contributed by atoms with van der Waals surface area (Å²) >= 11 is 0. The van der Waals surface area contributed by atoms with Gasteiger partial charge in [-0.2, -0.15) is 0 Å². The maximum Gasteiger partial charge on any atom is 0.320 e. The van der Waals surface area contributed by atoms with E-state index in [0.29, 0.717) is 13.0 Å². The number of aliphatic carboxylic acids is 1. The largest absolute Gasteiger partial charge is 0.481 e. The molecule has 2 rings (SSSR count). The standard InChI is InChI=1S/C13H22N2O3/c1-3-7-14(4-2)13(18)15-9-5-6-11(15)10(8-9)12(16)17/h9-11H,3-8H2,1-2H3,(H,16,17). The predicted molar refractivity (Wildman–Crippen MR) is 67.3 cm³/mol. The molecular formula is C13H22N2O3. The van der Waals surface area contributed by atoms with Gasteiger partial charge in [-0.25, -0.2) is 4.79 Å². The van der Waals surface area contributed by atoms with Crippen LogP contribution in [0.15, 0.2) is 0 Å². The highest BCUT2D eigenvalue weighted by molar-refractivity contribution is 5.79. The van der Waals surface area contributed by atoms with Crippen LogP contribution in [0.5, 0.6) is 0 Å². The van der Waals surface area contributed by atoms with E-state index in [4.69, 9.17) is 0 Å². The van der Waals surface area contributed by atoms with Crippen LogP contribution in [0.25, 0.3) is 0 Å². The highest BCUT2D eigenvalue weighted by atomic mass is 16.4. The SMILES string of the molecule is CCCN(CC)C(=O)N1C2CCC1C(C(=O)O)C2. The minimum atomic E-state index is -0.751. The molecule has 5 nitrogen and oxygen atoms in total. The van der Waals surface area contributed by atoms with Crippen molar-refractivity contribution in [1.29, 1.82) is 0 Å². The van der Waals surface area contributed by atoms with Gasteiger partial charge in [0.2, 0.25) is 0 Å². The van der Waals surface area contributed by atoms with E-state index in [-0.39, 0.29) is 24.0 Å². The number of rotatable bonds is 4. The van der Waals surface area contributed by atoms with Gasteiger partial charge < -0.3 is 14.9 Å². The molecule has 0 aromatic rings. The molecule has 0 aliphatic carbocycles. The zero-order chi connectivity index (χ0) is 13.3. The number of fused-ring (bicyclic) bond motifs is 2. The van der Waals surface area contributed by atoms with Crippen molar-refractivity contribution in [2.75, 3.05) is 13.1 Å². The minimum absolute atomic E-state index is 0.0376. The molecule has 0 aromatic heterocycles. The third-order valence-corrected chi connectivity index (χ3v) is 4.22. The second-order valence-electron chi connectivity index (χ2n) is 5.25. The molecule has 2 fully saturated rings. The van der Waals surface area contributed by atoms with Gasteiger partial charge in [0.1, 0.15) is 0 Å². The van der Waals surface area contributed by atoms with Crippen molar-refractivity contribution in [2.24, 2.45) is 5.92 Å². The van der Waals surface area contributed by atoms with Crippen LogP contribution in [0, 0.1) is 5.92 Å². The Hall–Kier alpha value is -1.26. The quantitative estimate of drug-likeness (QED) is 0.831. The van der Waals surface area contributed by atoms with Gasteiger partial charge in [-0.05, 0) is 32.6 Å². The maximum atomic E-state index is 12.5. The van der Waals surface area contributed by atoms with E-state index in [1.165, 1.54) is 0 Å². The van der Waals surface area contributed by atoms with E-state index in [9.17, 15) is 14.7 Å². The van der Waals surface area contributed by atoms with Gasteiger partial charge in [0.15, 0.2) is 0 Å². The molecule has 0 saturated carbocycles. The average molecular weight is 254 g/mol. The van der Waals surface area contributed by atoms with Crippen LogP contribution < -0.4 is 0 Å². The van der Waals surface area contributed by atoms with E-state index < -0.39 is 5.97 Å². The monoisotopic (exact) mass is 254 g/mol. The zero-order valence-corrected chi connectivity index (χ0v) is 11.1. The van der Waals surface area contributed by atoms with Gasteiger partial charge >= 0.3 is 12.0 Å². The number of carboxylic acid groups (broad SMARTS) is 1. The van der Waals surface area contributed by atoms with Crippen LogP contribution in [-0.2, 0) is 4.79 Å². The summed E-state index contributed by atoms with van der Waals surface area (Å²) in [5.41, 5.74) is 0. The highest BCUT2D eigenvalue weighted by Crippen LogP contribution is 2.42. The van der Waals surface area contributed by atoms with Crippen molar-refractivity contribution in [3.05, 3.63) is 0 Å². The summed E-state index contributed by atoms with van der Waals surface area (Å²) in [7, 11) is 0. The fourth-order valence-corrected chi connectivity index (χ4v) is 3.37. The molecule has 0 radical (unpaired) electrons. The van der Waals surface area contributed by atoms with E-state index in [1.54, 1.807) is 0 Å². The lowest BCUT2D eigenvalue weighted by atomic mass is 9.89. The van der Waals surface area contributed by atoms with Crippen LogP contribution in [0.2, 0.25) is 0 Å². The summed E-state index contributed by atoms with van der Waals surface area (Å²) in [5.74, 6) is -1.11. The lowest BCUT2D eigenvalue weighted by molar-refractivity contribution is -0.142. The number of amides is 2. The molecule has 1 N–H and O–H groups in total. The van der Waals surface area contributed by atoms with E-state index in [1.807, 2.05) is 16.7 Å². The molecule has 0 spiro atoms. The molecule has 2 amide bonds. The van der Waals surface area contributed by atoms with Crippen LogP contribution in [0.1, 0.15) is 39.5 Å². The fraction of sp³-hybridized carbons (Fsp3) is 0.846. The molecule has 2 saturated heterocycles. The second-order valence-corrected chi connectivity index (χ2v) is 5.25. The average Bonchev–Trinajstić information content (AvgIpc) is 2.92. The van der Waals surface area contributed by atoms with Crippen LogP contribution in [0.3, 0.4) is 0 Å². The first-order valence-electron chi connectivity index (χ1n) is 6.90. The van der Waals surface area contributed by atoms with Gasteiger partial charge in [-0.15, -0.1) is 0 Å². The first kappa shape index (κ1) is 13.2. The molecule has 2 heterocycles. The van der Waals surface area contributed by atoms with Crippen molar-refractivity contribution in [2.45, 2.75) is 51.6 Å². The number of hydrogen-bond donors (Lipinski definition) is 1. The number of hydrogen-bond acceptors (Lipinski definition) is 2. The van der Waals surface area contributed by atoms with Gasteiger partial charge in [0, 0.05) is 25.2 Å². The zero-order valence-electron chi connectivity index (χ0n) is 11.1. The summed E-state index contributed by atoms with van der Waals surface area (Å²) in [4.78, 5) is 27.3. The third-order valence-electron chi connectivity index (χ3n) is 4.22. The van der Waals surface area contributed by atoms with Crippen LogP contribution in [0.4, 0.5) is 4.79 Å². The van der Waals surface area contributed by atoms with Crippen LogP contribution in [-0.4, -0.2) is 52.1 Å². The molecule has 2 aliphatic rings. The van der Waals surface area contributed by atoms with E-state index >= 15 is 0 Å². The summed E-state index contributed by atoms with van der Waals surface area (Å²) < 4.78 is 0. The number of carbonyl (C=O) groups is 2. The molecule has 5 heteroatoms. The van der Waals surface area contributed by atoms with Crippen molar-refractivity contribution < 1.29 is 14.7 Å². The fourth-order valence-electron chi connectivity index (χ4n) is 3.37. The maximum absolute atomic E-state index is 12.5. The first-order valence-corrected chi connectivity index (χ1v) is 6.90. The number of carboxylic acids is 1. The number of nitrogens with zero attached hydrogens (tertiary/aromatic N) is 2.